The predicted octanol–water partition coefficient (Wildman–Crippen LogP) is 5.11. The summed E-state index contributed by atoms with van der Waals surface area (Å²) in [5.74, 6) is -0.125. The minimum Gasteiger partial charge on any atom is -0.463 e. The SMILES string of the molecule is CCCCCC(=O)OCCOCCOCCOCCOCCOCCOCCOCCN(C)C(=O)OCC1c2ccccc2-c2ccccc21. The molecule has 3 rings (SSSR count). The van der Waals surface area contributed by atoms with E-state index in [0.717, 1.165) is 19.3 Å². The molecule has 0 saturated heterocycles. The summed E-state index contributed by atoms with van der Waals surface area (Å²) in [6.45, 7) is 9.44. The number of hydrogen-bond acceptors (Lipinski definition) is 11. The van der Waals surface area contributed by atoms with E-state index in [1.807, 2.05) is 24.3 Å². The molecule has 2 aromatic rings. The van der Waals surface area contributed by atoms with Gasteiger partial charge in [-0.2, -0.15) is 0 Å². The van der Waals surface area contributed by atoms with Crippen LogP contribution in [0.15, 0.2) is 48.5 Å². The Hall–Kier alpha value is -3.10. The van der Waals surface area contributed by atoms with Gasteiger partial charge in [-0.3, -0.25) is 4.79 Å². The van der Waals surface area contributed by atoms with Gasteiger partial charge in [-0.1, -0.05) is 68.3 Å². The molecule has 1 aliphatic rings. The lowest BCUT2D eigenvalue weighted by Gasteiger charge is -2.19. The number of fused-ring (bicyclic) bond motifs is 3. The number of unbranched alkanes of at least 4 members (excludes halogenated alkanes) is 2. The molecule has 0 aliphatic heterocycles. The third-order valence-corrected chi connectivity index (χ3v) is 7.93. The molecular weight excluding hydrogens is 646 g/mol. The molecule has 1 amide bonds. The molecular formula is C38H57NO11. The molecule has 0 N–H and O–H groups in total. The number of hydrogen-bond donors (Lipinski definition) is 0. The number of carbonyl (C=O) groups excluding carboxylic acids is 2. The molecule has 0 aromatic heterocycles. The Labute approximate surface area is 297 Å². The third kappa shape index (κ3) is 16.7. The van der Waals surface area contributed by atoms with Gasteiger partial charge in [0, 0.05) is 25.9 Å². The molecule has 280 valence electrons. The second kappa shape index (κ2) is 26.7. The average molecular weight is 704 g/mol. The molecule has 0 radical (unpaired) electrons. The Balaban J connectivity index is 1.01. The molecule has 0 heterocycles. The number of esters is 1. The van der Waals surface area contributed by atoms with Crippen LogP contribution in [0, 0.1) is 0 Å². The maximum Gasteiger partial charge on any atom is 0.409 e. The molecule has 12 heteroatoms. The Morgan fingerprint density at radius 2 is 0.980 bits per heavy atom. The van der Waals surface area contributed by atoms with Crippen molar-refractivity contribution < 1.29 is 52.2 Å². The number of likely N-dealkylation sites (N-methyl/N-ethyl adjacent to an activating group) is 1. The number of amides is 1. The van der Waals surface area contributed by atoms with Crippen molar-refractivity contribution in [1.82, 2.24) is 4.90 Å². The van der Waals surface area contributed by atoms with Gasteiger partial charge in [0.25, 0.3) is 0 Å². The van der Waals surface area contributed by atoms with E-state index in [-0.39, 0.29) is 24.6 Å². The predicted molar refractivity (Wildman–Crippen MR) is 189 cm³/mol. The molecule has 0 spiro atoms. The molecule has 0 fully saturated rings. The van der Waals surface area contributed by atoms with Gasteiger partial charge in [-0.05, 0) is 28.7 Å². The van der Waals surface area contributed by atoms with Crippen molar-refractivity contribution >= 4 is 12.1 Å². The van der Waals surface area contributed by atoms with Crippen LogP contribution in [0.3, 0.4) is 0 Å². The van der Waals surface area contributed by atoms with Crippen molar-refractivity contribution in [1.29, 1.82) is 0 Å². The summed E-state index contributed by atoms with van der Waals surface area (Å²) in [6.07, 6.45) is 3.11. The van der Waals surface area contributed by atoms with Crippen molar-refractivity contribution in [2.24, 2.45) is 0 Å². The van der Waals surface area contributed by atoms with Crippen molar-refractivity contribution in [3.05, 3.63) is 59.7 Å². The van der Waals surface area contributed by atoms with E-state index in [9.17, 15) is 9.59 Å². The van der Waals surface area contributed by atoms with Crippen LogP contribution in [-0.4, -0.2) is 136 Å². The van der Waals surface area contributed by atoms with Crippen LogP contribution in [0.4, 0.5) is 4.79 Å². The van der Waals surface area contributed by atoms with E-state index < -0.39 is 0 Å². The first-order valence-electron chi connectivity index (χ1n) is 17.9. The Morgan fingerprint density at radius 3 is 1.44 bits per heavy atom. The molecule has 50 heavy (non-hydrogen) atoms. The number of carbonyl (C=O) groups is 2. The average Bonchev–Trinajstić information content (AvgIpc) is 3.45. The van der Waals surface area contributed by atoms with Crippen LogP contribution in [0.1, 0.15) is 49.7 Å². The summed E-state index contributed by atoms with van der Waals surface area (Å²) in [5, 5.41) is 0. The van der Waals surface area contributed by atoms with Crippen molar-refractivity contribution in [3.63, 3.8) is 0 Å². The monoisotopic (exact) mass is 703 g/mol. The summed E-state index contributed by atoms with van der Waals surface area (Å²) in [6, 6.07) is 16.6. The van der Waals surface area contributed by atoms with Gasteiger partial charge in [-0.25, -0.2) is 4.79 Å². The Kier molecular flexibility index (Phi) is 22.0. The zero-order chi connectivity index (χ0) is 35.5. The highest BCUT2D eigenvalue weighted by molar-refractivity contribution is 5.79. The second-order valence-electron chi connectivity index (χ2n) is 11.7. The van der Waals surface area contributed by atoms with E-state index in [0.29, 0.717) is 112 Å². The van der Waals surface area contributed by atoms with E-state index in [2.05, 4.69) is 31.2 Å². The fraction of sp³-hybridized carbons (Fsp3) is 0.632. The highest BCUT2D eigenvalue weighted by Gasteiger charge is 2.29. The van der Waals surface area contributed by atoms with E-state index in [1.54, 1.807) is 7.05 Å². The summed E-state index contributed by atoms with van der Waals surface area (Å²) in [4.78, 5) is 25.6. The van der Waals surface area contributed by atoms with E-state index >= 15 is 0 Å². The van der Waals surface area contributed by atoms with Crippen LogP contribution in [0.2, 0.25) is 0 Å². The topological polar surface area (TPSA) is 120 Å². The normalized spacial score (nSPS) is 12.1. The molecule has 0 unspecified atom stereocenters. The van der Waals surface area contributed by atoms with Crippen LogP contribution >= 0.6 is 0 Å². The fourth-order valence-electron chi connectivity index (χ4n) is 5.22. The number of rotatable bonds is 30. The highest BCUT2D eigenvalue weighted by atomic mass is 16.6. The lowest BCUT2D eigenvalue weighted by Crippen LogP contribution is -2.32. The number of benzene rings is 2. The smallest absolute Gasteiger partial charge is 0.409 e. The summed E-state index contributed by atoms with van der Waals surface area (Å²) in [5.41, 5.74) is 4.79. The lowest BCUT2D eigenvalue weighted by molar-refractivity contribution is -0.145. The molecule has 0 bridgehead atoms. The van der Waals surface area contributed by atoms with Crippen molar-refractivity contribution in [2.45, 2.75) is 38.5 Å². The van der Waals surface area contributed by atoms with Gasteiger partial charge in [0.05, 0.1) is 92.5 Å². The Bertz CT molecular complexity index is 1150. The van der Waals surface area contributed by atoms with Gasteiger partial charge in [-0.15, -0.1) is 0 Å². The summed E-state index contributed by atoms with van der Waals surface area (Å²) < 4.78 is 49.2. The molecule has 12 nitrogen and oxygen atoms in total. The molecule has 0 atom stereocenters. The maximum atomic E-state index is 12.6. The third-order valence-electron chi connectivity index (χ3n) is 7.93. The maximum absolute atomic E-state index is 12.6. The number of nitrogens with zero attached hydrogens (tertiary/aromatic N) is 1. The molecule has 1 aliphatic carbocycles. The van der Waals surface area contributed by atoms with Gasteiger partial charge in [0.2, 0.25) is 0 Å². The first-order valence-corrected chi connectivity index (χ1v) is 17.9. The van der Waals surface area contributed by atoms with Gasteiger partial charge < -0.3 is 47.5 Å². The lowest BCUT2D eigenvalue weighted by atomic mass is 9.98. The van der Waals surface area contributed by atoms with Crippen LogP contribution in [0.25, 0.3) is 11.1 Å². The standard InChI is InChI=1S/C38H57NO11/c1-3-4-5-14-37(40)49-30-29-48-28-27-47-26-25-46-24-23-45-22-21-44-20-19-43-18-17-42-16-15-39(2)38(41)50-31-36-34-12-8-6-10-32(34)33-11-7-9-13-35(33)36/h6-13,36H,3-5,14-31H2,1-2H3. The summed E-state index contributed by atoms with van der Waals surface area (Å²) in [7, 11) is 1.71. The van der Waals surface area contributed by atoms with Crippen LogP contribution < -0.4 is 0 Å². The first kappa shape index (κ1) is 41.3. The van der Waals surface area contributed by atoms with Crippen molar-refractivity contribution in [2.75, 3.05) is 119 Å². The van der Waals surface area contributed by atoms with E-state index in [4.69, 9.17) is 42.6 Å². The highest BCUT2D eigenvalue weighted by Crippen LogP contribution is 2.44. The number of ether oxygens (including phenoxy) is 9. The van der Waals surface area contributed by atoms with Crippen LogP contribution in [0.5, 0.6) is 0 Å². The molecule has 2 aromatic carbocycles. The minimum absolute atomic E-state index is 0.0383. The Morgan fingerprint density at radius 1 is 0.560 bits per heavy atom. The van der Waals surface area contributed by atoms with Crippen molar-refractivity contribution in [3.8, 4) is 11.1 Å². The van der Waals surface area contributed by atoms with Crippen LogP contribution in [-0.2, 0) is 47.4 Å². The largest absolute Gasteiger partial charge is 0.463 e. The zero-order valence-corrected chi connectivity index (χ0v) is 30.0. The fourth-order valence-corrected chi connectivity index (χ4v) is 5.22. The van der Waals surface area contributed by atoms with E-state index in [1.165, 1.54) is 27.2 Å². The van der Waals surface area contributed by atoms with Gasteiger partial charge in [0.1, 0.15) is 13.2 Å². The zero-order valence-electron chi connectivity index (χ0n) is 30.0. The molecule has 0 saturated carbocycles. The minimum atomic E-state index is -0.366. The quantitative estimate of drug-likeness (QED) is 0.0798. The second-order valence-corrected chi connectivity index (χ2v) is 11.7. The summed E-state index contributed by atoms with van der Waals surface area (Å²) >= 11 is 0. The van der Waals surface area contributed by atoms with Gasteiger partial charge >= 0.3 is 12.1 Å². The first-order chi connectivity index (χ1) is 24.6. The van der Waals surface area contributed by atoms with Gasteiger partial charge in [0.15, 0.2) is 0 Å².